The van der Waals surface area contributed by atoms with Crippen molar-refractivity contribution < 1.29 is 35.3 Å². The Hall–Kier alpha value is -2.03. The number of fused-ring (bicyclic) bond motifs is 5. The Morgan fingerprint density at radius 2 is 1.67 bits per heavy atom. The fourth-order valence-corrected chi connectivity index (χ4v) is 8.53. The third-order valence-corrected chi connectivity index (χ3v) is 11.0. The van der Waals surface area contributed by atoms with Gasteiger partial charge in [-0.25, -0.2) is 4.79 Å². The second kappa shape index (κ2) is 8.77. The molecule has 3 saturated carbocycles. The molecule has 0 N–H and O–H groups in total. The van der Waals surface area contributed by atoms with E-state index in [1.807, 2.05) is 18.2 Å². The molecule has 1 aromatic rings. The van der Waals surface area contributed by atoms with Gasteiger partial charge in [0.25, 0.3) is 0 Å². The van der Waals surface area contributed by atoms with E-state index in [1.165, 1.54) is 0 Å². The number of allylic oxidation sites excluding steroid dienone is 2. The molecule has 0 aliphatic heterocycles. The van der Waals surface area contributed by atoms with Gasteiger partial charge in [0.15, 0.2) is 0 Å². The molecule has 5 rings (SSSR count). The van der Waals surface area contributed by atoms with Gasteiger partial charge in [0.2, 0.25) is 0 Å². The molecular weight excluding hydrogens is 493 g/mol. The molecule has 0 bridgehead atoms. The van der Waals surface area contributed by atoms with Crippen LogP contribution in [0.15, 0.2) is 42.2 Å². The second-order valence-corrected chi connectivity index (χ2v) is 13.1. The summed E-state index contributed by atoms with van der Waals surface area (Å²) in [5.41, 5.74) is -5.07. The van der Waals surface area contributed by atoms with E-state index in [0.717, 1.165) is 38.5 Å². The first-order chi connectivity index (χ1) is 16.8. The molecule has 0 saturated heterocycles. The van der Waals surface area contributed by atoms with Crippen molar-refractivity contribution in [3.8, 4) is 0 Å². The number of carbonyl (C=O) groups excluding carboxylic acids is 1. The van der Waals surface area contributed by atoms with Crippen LogP contribution < -0.4 is 0 Å². The number of carbonyl (C=O) groups is 1. The predicted molar refractivity (Wildman–Crippen MR) is 127 cm³/mol. The van der Waals surface area contributed by atoms with Crippen molar-refractivity contribution in [3.05, 3.63) is 47.7 Å². The van der Waals surface area contributed by atoms with Crippen LogP contribution in [0, 0.1) is 34.5 Å². The minimum Gasteiger partial charge on any atom is -0.458 e. The number of hydrogen-bond donors (Lipinski definition) is 0. The average molecular weight is 527 g/mol. The highest BCUT2D eigenvalue weighted by Crippen LogP contribution is 2.66. The zero-order valence-electron chi connectivity index (χ0n) is 20.6. The van der Waals surface area contributed by atoms with Crippen LogP contribution in [0.25, 0.3) is 0 Å². The maximum atomic E-state index is 12.8. The number of ether oxygens (including phenoxy) is 1. The Balaban J connectivity index is 1.31. The van der Waals surface area contributed by atoms with Crippen molar-refractivity contribution in [2.75, 3.05) is 0 Å². The average Bonchev–Trinajstić information content (AvgIpc) is 3.15. The lowest BCUT2D eigenvalue weighted by atomic mass is 9.46. The van der Waals surface area contributed by atoms with Crippen LogP contribution in [0.4, 0.5) is 13.2 Å². The lowest BCUT2D eigenvalue weighted by Crippen LogP contribution is -2.53. The largest absolute Gasteiger partial charge is 0.534 e. The Morgan fingerprint density at radius 1 is 0.972 bits per heavy atom. The van der Waals surface area contributed by atoms with E-state index in [9.17, 15) is 26.4 Å². The minimum atomic E-state index is -5.64. The van der Waals surface area contributed by atoms with Crippen LogP contribution in [0.2, 0.25) is 0 Å². The van der Waals surface area contributed by atoms with Crippen molar-refractivity contribution in [1.82, 2.24) is 0 Å². The van der Waals surface area contributed by atoms with Gasteiger partial charge in [-0.2, -0.15) is 21.6 Å². The summed E-state index contributed by atoms with van der Waals surface area (Å²) in [6, 6.07) is 9.06. The van der Waals surface area contributed by atoms with E-state index in [2.05, 4.69) is 18.0 Å². The van der Waals surface area contributed by atoms with Crippen molar-refractivity contribution in [2.45, 2.75) is 76.8 Å². The second-order valence-electron chi connectivity index (χ2n) is 11.6. The summed E-state index contributed by atoms with van der Waals surface area (Å²) < 4.78 is 72.0. The monoisotopic (exact) mass is 526 g/mol. The summed E-state index contributed by atoms with van der Waals surface area (Å²) in [6.07, 6.45) is 7.68. The van der Waals surface area contributed by atoms with Gasteiger partial charge in [0.1, 0.15) is 11.9 Å². The minimum absolute atomic E-state index is 0.0809. The predicted octanol–water partition coefficient (Wildman–Crippen LogP) is 6.61. The maximum Gasteiger partial charge on any atom is 0.534 e. The molecule has 3 fully saturated rings. The quantitative estimate of drug-likeness (QED) is 0.251. The van der Waals surface area contributed by atoms with Crippen molar-refractivity contribution in [2.24, 2.45) is 34.5 Å². The van der Waals surface area contributed by atoms with E-state index >= 15 is 0 Å². The molecule has 0 radical (unpaired) electrons. The van der Waals surface area contributed by atoms with Gasteiger partial charge in [-0.05, 0) is 92.2 Å². The van der Waals surface area contributed by atoms with Gasteiger partial charge in [-0.1, -0.05) is 32.0 Å². The van der Waals surface area contributed by atoms with Crippen LogP contribution in [0.1, 0.15) is 75.6 Å². The molecule has 4 aliphatic rings. The topological polar surface area (TPSA) is 69.7 Å². The van der Waals surface area contributed by atoms with E-state index in [1.54, 1.807) is 18.2 Å². The number of alkyl halides is 3. The van der Waals surface area contributed by atoms with Crippen LogP contribution in [-0.4, -0.2) is 26.0 Å². The van der Waals surface area contributed by atoms with Gasteiger partial charge >= 0.3 is 21.6 Å². The summed E-state index contributed by atoms with van der Waals surface area (Å²) in [5, 5.41) is 0. The molecule has 0 heterocycles. The van der Waals surface area contributed by atoms with E-state index < -0.39 is 15.6 Å². The normalized spacial score (nSPS) is 38.2. The zero-order valence-corrected chi connectivity index (χ0v) is 21.4. The molecule has 198 valence electrons. The molecule has 7 unspecified atom stereocenters. The van der Waals surface area contributed by atoms with Gasteiger partial charge in [0, 0.05) is 11.8 Å². The first-order valence-corrected chi connectivity index (χ1v) is 14.2. The summed E-state index contributed by atoms with van der Waals surface area (Å²) in [5.74, 6) is 1.01. The van der Waals surface area contributed by atoms with E-state index in [-0.39, 0.29) is 41.0 Å². The van der Waals surface area contributed by atoms with E-state index in [0.29, 0.717) is 29.7 Å². The molecule has 4 aliphatic carbocycles. The third kappa shape index (κ3) is 4.15. The summed E-state index contributed by atoms with van der Waals surface area (Å²) in [6.45, 7) is 4.47. The molecule has 5 nitrogen and oxygen atoms in total. The summed E-state index contributed by atoms with van der Waals surface area (Å²) in [7, 11) is -5.64. The van der Waals surface area contributed by atoms with Crippen LogP contribution in [0.3, 0.4) is 0 Å². The SMILES string of the molecule is CC12CC=C(OS(=O)(=O)C(F)(F)F)CC1CCC1C2CCC2(C)C(OC(=O)c3ccccc3)CCC12. The number of hydrogen-bond acceptors (Lipinski definition) is 5. The maximum absolute atomic E-state index is 12.8. The van der Waals surface area contributed by atoms with Crippen molar-refractivity contribution in [1.29, 1.82) is 0 Å². The fraction of sp³-hybridized carbons (Fsp3) is 0.667. The third-order valence-electron chi connectivity index (χ3n) is 9.95. The fourth-order valence-electron chi connectivity index (χ4n) is 8.02. The van der Waals surface area contributed by atoms with Gasteiger partial charge in [0.05, 0.1) is 5.56 Å². The Labute approximate surface area is 210 Å². The van der Waals surface area contributed by atoms with Crippen LogP contribution in [0.5, 0.6) is 0 Å². The smallest absolute Gasteiger partial charge is 0.458 e. The first-order valence-electron chi connectivity index (χ1n) is 12.8. The lowest BCUT2D eigenvalue weighted by molar-refractivity contribution is -0.113. The molecule has 7 atom stereocenters. The van der Waals surface area contributed by atoms with Gasteiger partial charge < -0.3 is 8.92 Å². The van der Waals surface area contributed by atoms with Crippen molar-refractivity contribution >= 4 is 16.1 Å². The molecule has 0 aromatic heterocycles. The molecular formula is C27H33F3O5S. The first kappa shape index (κ1) is 25.6. The highest BCUT2D eigenvalue weighted by Gasteiger charge is 2.61. The van der Waals surface area contributed by atoms with Crippen LogP contribution >= 0.6 is 0 Å². The van der Waals surface area contributed by atoms with Crippen LogP contribution in [-0.2, 0) is 19.0 Å². The molecule has 9 heteroatoms. The summed E-state index contributed by atoms with van der Waals surface area (Å²) >= 11 is 0. The Bertz CT molecular complexity index is 1150. The van der Waals surface area contributed by atoms with Gasteiger partial charge in [-0.3, -0.25) is 0 Å². The lowest BCUT2D eigenvalue weighted by Gasteiger charge is -2.59. The Kier molecular flexibility index (Phi) is 6.24. The standard InChI is InChI=1S/C27H33F3O5S/c1-25-14-12-19(35-36(32,33)27(28,29)30)16-18(25)8-9-20-21-10-11-23(26(21,2)15-13-22(20)25)34-24(31)17-6-4-3-5-7-17/h3-7,12,18,20-23H,8-11,13-16H2,1-2H3. The zero-order chi connectivity index (χ0) is 25.9. The highest BCUT2D eigenvalue weighted by atomic mass is 32.2. The molecule has 0 spiro atoms. The Morgan fingerprint density at radius 3 is 2.36 bits per heavy atom. The highest BCUT2D eigenvalue weighted by molar-refractivity contribution is 7.87. The number of rotatable bonds is 4. The number of benzene rings is 1. The number of esters is 1. The molecule has 36 heavy (non-hydrogen) atoms. The van der Waals surface area contributed by atoms with Gasteiger partial charge in [-0.15, -0.1) is 0 Å². The summed E-state index contributed by atoms with van der Waals surface area (Å²) in [4.78, 5) is 12.8. The number of halogens is 3. The molecule has 1 aromatic carbocycles. The van der Waals surface area contributed by atoms with E-state index in [4.69, 9.17) is 4.74 Å². The van der Waals surface area contributed by atoms with Crippen molar-refractivity contribution in [3.63, 3.8) is 0 Å². The molecule has 0 amide bonds.